The van der Waals surface area contributed by atoms with E-state index in [0.29, 0.717) is 12.1 Å². The molecule has 0 saturated carbocycles. The third kappa shape index (κ3) is 4.51. The van der Waals surface area contributed by atoms with Crippen LogP contribution in [0.25, 0.3) is 11.1 Å². The van der Waals surface area contributed by atoms with Gasteiger partial charge < -0.3 is 5.32 Å². The van der Waals surface area contributed by atoms with Crippen molar-refractivity contribution in [3.63, 3.8) is 0 Å². The molecule has 4 heteroatoms. The molecule has 0 aliphatic rings. The number of carbonyl (C=O) groups is 1. The van der Waals surface area contributed by atoms with Crippen molar-refractivity contribution in [3.05, 3.63) is 83.9 Å². The maximum Gasteiger partial charge on any atom is 0.251 e. The molecule has 1 N–H and O–H groups in total. The maximum atomic E-state index is 12.3. The fourth-order valence-corrected chi connectivity index (χ4v) is 2.67. The SMILES string of the molecule is CCCc1ccc(C(=O)NCc2cncc(-c3cccnc3)c2)cc1. The first-order chi connectivity index (χ1) is 12.3. The smallest absolute Gasteiger partial charge is 0.251 e. The van der Waals surface area contributed by atoms with Crippen LogP contribution in [0.3, 0.4) is 0 Å². The van der Waals surface area contributed by atoms with Gasteiger partial charge in [-0.15, -0.1) is 0 Å². The lowest BCUT2D eigenvalue weighted by molar-refractivity contribution is 0.0951. The second-order valence-electron chi connectivity index (χ2n) is 5.95. The average molecular weight is 331 g/mol. The van der Waals surface area contributed by atoms with Gasteiger partial charge in [0.1, 0.15) is 0 Å². The van der Waals surface area contributed by atoms with Gasteiger partial charge in [0, 0.05) is 48.0 Å². The summed E-state index contributed by atoms with van der Waals surface area (Å²) >= 11 is 0. The lowest BCUT2D eigenvalue weighted by Gasteiger charge is -2.08. The summed E-state index contributed by atoms with van der Waals surface area (Å²) in [6, 6.07) is 13.7. The van der Waals surface area contributed by atoms with Crippen LogP contribution in [0.15, 0.2) is 67.3 Å². The van der Waals surface area contributed by atoms with Gasteiger partial charge in [-0.25, -0.2) is 0 Å². The van der Waals surface area contributed by atoms with Gasteiger partial charge >= 0.3 is 0 Å². The van der Waals surface area contributed by atoms with Crippen molar-refractivity contribution in [2.24, 2.45) is 0 Å². The van der Waals surface area contributed by atoms with E-state index in [2.05, 4.69) is 22.2 Å². The first-order valence-electron chi connectivity index (χ1n) is 8.47. The number of rotatable bonds is 6. The van der Waals surface area contributed by atoms with Gasteiger partial charge in [-0.05, 0) is 41.8 Å². The molecule has 2 heterocycles. The standard InChI is InChI=1S/C21H21N3O/c1-2-4-16-6-8-18(9-7-16)21(25)24-13-17-11-20(15-23-12-17)19-5-3-10-22-14-19/h3,5-12,14-15H,2,4,13H2,1H3,(H,24,25). The lowest BCUT2D eigenvalue weighted by atomic mass is 10.1. The fourth-order valence-electron chi connectivity index (χ4n) is 2.67. The van der Waals surface area contributed by atoms with E-state index in [4.69, 9.17) is 0 Å². The highest BCUT2D eigenvalue weighted by molar-refractivity contribution is 5.94. The number of hydrogen-bond acceptors (Lipinski definition) is 3. The molecule has 0 radical (unpaired) electrons. The molecular formula is C21H21N3O. The minimum absolute atomic E-state index is 0.0742. The van der Waals surface area contributed by atoms with Crippen LogP contribution in [0.4, 0.5) is 0 Å². The quantitative estimate of drug-likeness (QED) is 0.742. The van der Waals surface area contributed by atoms with Gasteiger partial charge in [0.15, 0.2) is 0 Å². The Bertz CT molecular complexity index is 829. The first-order valence-corrected chi connectivity index (χ1v) is 8.47. The number of carbonyl (C=O) groups excluding carboxylic acids is 1. The fraction of sp³-hybridized carbons (Fsp3) is 0.190. The molecule has 0 fully saturated rings. The Morgan fingerprint density at radius 3 is 2.48 bits per heavy atom. The maximum absolute atomic E-state index is 12.3. The van der Waals surface area contributed by atoms with E-state index in [1.807, 2.05) is 42.5 Å². The lowest BCUT2D eigenvalue weighted by Crippen LogP contribution is -2.22. The summed E-state index contributed by atoms with van der Waals surface area (Å²) in [5.74, 6) is -0.0742. The van der Waals surface area contributed by atoms with Crippen LogP contribution in [-0.4, -0.2) is 15.9 Å². The van der Waals surface area contributed by atoms with Crippen LogP contribution in [0.2, 0.25) is 0 Å². The molecule has 25 heavy (non-hydrogen) atoms. The zero-order valence-electron chi connectivity index (χ0n) is 14.3. The van der Waals surface area contributed by atoms with Gasteiger partial charge in [0.2, 0.25) is 0 Å². The number of hydrogen-bond donors (Lipinski definition) is 1. The van der Waals surface area contributed by atoms with Gasteiger partial charge in [-0.2, -0.15) is 0 Å². The summed E-state index contributed by atoms with van der Waals surface area (Å²) in [5, 5.41) is 2.95. The molecule has 0 aliphatic heterocycles. The molecule has 0 unspecified atom stereocenters. The summed E-state index contributed by atoms with van der Waals surface area (Å²) in [4.78, 5) is 20.7. The third-order valence-corrected chi connectivity index (χ3v) is 4.00. The van der Waals surface area contributed by atoms with Crippen LogP contribution in [0.1, 0.15) is 34.8 Å². The van der Waals surface area contributed by atoms with Crippen molar-refractivity contribution >= 4 is 5.91 Å². The van der Waals surface area contributed by atoms with Gasteiger partial charge in [0.25, 0.3) is 5.91 Å². The van der Waals surface area contributed by atoms with E-state index in [1.54, 1.807) is 24.8 Å². The third-order valence-electron chi connectivity index (χ3n) is 4.00. The molecule has 0 atom stereocenters. The molecule has 0 bridgehead atoms. The minimum Gasteiger partial charge on any atom is -0.348 e. The highest BCUT2D eigenvalue weighted by Crippen LogP contribution is 2.17. The van der Waals surface area contributed by atoms with Crippen LogP contribution in [-0.2, 0) is 13.0 Å². The summed E-state index contributed by atoms with van der Waals surface area (Å²) in [7, 11) is 0. The number of amides is 1. The van der Waals surface area contributed by atoms with Gasteiger partial charge in [-0.3, -0.25) is 14.8 Å². The Balaban J connectivity index is 1.64. The van der Waals surface area contributed by atoms with E-state index < -0.39 is 0 Å². The van der Waals surface area contributed by atoms with Crippen molar-refractivity contribution in [3.8, 4) is 11.1 Å². The number of nitrogens with one attached hydrogen (secondary N) is 1. The molecule has 3 rings (SSSR count). The van der Waals surface area contributed by atoms with Crippen LogP contribution in [0, 0.1) is 0 Å². The molecule has 0 saturated heterocycles. The van der Waals surface area contributed by atoms with Crippen molar-refractivity contribution in [2.45, 2.75) is 26.3 Å². The molecule has 2 aromatic heterocycles. The molecule has 126 valence electrons. The Hall–Kier alpha value is -3.01. The van der Waals surface area contributed by atoms with E-state index in [-0.39, 0.29) is 5.91 Å². The normalized spacial score (nSPS) is 10.4. The Morgan fingerprint density at radius 2 is 1.76 bits per heavy atom. The van der Waals surface area contributed by atoms with Crippen LogP contribution in [0.5, 0.6) is 0 Å². The van der Waals surface area contributed by atoms with E-state index in [9.17, 15) is 4.79 Å². The largest absolute Gasteiger partial charge is 0.348 e. The van der Waals surface area contributed by atoms with E-state index >= 15 is 0 Å². The van der Waals surface area contributed by atoms with E-state index in [1.165, 1.54) is 5.56 Å². The molecule has 4 nitrogen and oxygen atoms in total. The number of aryl methyl sites for hydroxylation is 1. The summed E-state index contributed by atoms with van der Waals surface area (Å²) in [6.45, 7) is 2.59. The second kappa shape index (κ2) is 8.20. The topological polar surface area (TPSA) is 54.9 Å². The van der Waals surface area contributed by atoms with Gasteiger partial charge in [0.05, 0.1) is 0 Å². The van der Waals surface area contributed by atoms with Crippen molar-refractivity contribution < 1.29 is 4.79 Å². The second-order valence-corrected chi connectivity index (χ2v) is 5.95. The monoisotopic (exact) mass is 331 g/mol. The molecule has 1 aromatic carbocycles. The number of benzene rings is 1. The summed E-state index contributed by atoms with van der Waals surface area (Å²) in [6.07, 6.45) is 9.25. The Labute approximate surface area is 148 Å². The summed E-state index contributed by atoms with van der Waals surface area (Å²) in [5.41, 5.74) is 4.89. The molecule has 3 aromatic rings. The predicted molar refractivity (Wildman–Crippen MR) is 99.1 cm³/mol. The van der Waals surface area contributed by atoms with Gasteiger partial charge in [-0.1, -0.05) is 31.5 Å². The first kappa shape index (κ1) is 16.8. The number of aromatic nitrogens is 2. The van der Waals surface area contributed by atoms with Crippen molar-refractivity contribution in [1.82, 2.24) is 15.3 Å². The number of pyridine rings is 2. The average Bonchev–Trinajstić information content (AvgIpc) is 2.68. The molecule has 0 aliphatic carbocycles. The minimum atomic E-state index is -0.0742. The van der Waals surface area contributed by atoms with Crippen molar-refractivity contribution in [2.75, 3.05) is 0 Å². The summed E-state index contributed by atoms with van der Waals surface area (Å²) < 4.78 is 0. The molecule has 1 amide bonds. The Morgan fingerprint density at radius 1 is 0.960 bits per heavy atom. The highest BCUT2D eigenvalue weighted by atomic mass is 16.1. The molecular weight excluding hydrogens is 310 g/mol. The zero-order chi connectivity index (χ0) is 17.5. The number of nitrogens with zero attached hydrogens (tertiary/aromatic N) is 2. The highest BCUT2D eigenvalue weighted by Gasteiger charge is 2.06. The van der Waals surface area contributed by atoms with Crippen LogP contribution >= 0.6 is 0 Å². The molecule has 0 spiro atoms. The van der Waals surface area contributed by atoms with Crippen LogP contribution < -0.4 is 5.32 Å². The zero-order valence-corrected chi connectivity index (χ0v) is 14.3. The predicted octanol–water partition coefficient (Wildman–Crippen LogP) is 4.03. The van der Waals surface area contributed by atoms with E-state index in [0.717, 1.165) is 29.5 Å². The Kier molecular flexibility index (Phi) is 5.52. The van der Waals surface area contributed by atoms with Crippen molar-refractivity contribution in [1.29, 1.82) is 0 Å².